The van der Waals surface area contributed by atoms with Crippen molar-refractivity contribution in [3.05, 3.63) is 70.3 Å². The van der Waals surface area contributed by atoms with Crippen molar-refractivity contribution in [2.24, 2.45) is 5.41 Å². The monoisotopic (exact) mass is 361 g/mol. The fourth-order valence-corrected chi connectivity index (χ4v) is 5.69. The van der Waals surface area contributed by atoms with E-state index in [2.05, 4.69) is 75.2 Å². The van der Waals surface area contributed by atoms with E-state index >= 15 is 0 Å². The highest BCUT2D eigenvalue weighted by Crippen LogP contribution is 2.57. The van der Waals surface area contributed by atoms with Crippen LogP contribution in [0.5, 0.6) is 0 Å². The molecule has 142 valence electrons. The van der Waals surface area contributed by atoms with E-state index in [0.29, 0.717) is 18.1 Å². The summed E-state index contributed by atoms with van der Waals surface area (Å²) in [4.78, 5) is 15.9. The molecule has 3 atom stereocenters. The summed E-state index contributed by atoms with van der Waals surface area (Å²) in [6.45, 7) is 7.52. The van der Waals surface area contributed by atoms with Crippen LogP contribution in [0.15, 0.2) is 42.5 Å². The number of carbonyl (C=O) groups is 1. The summed E-state index contributed by atoms with van der Waals surface area (Å²) in [5.74, 6) is 0.833. The Hall–Kier alpha value is -1.93. The van der Waals surface area contributed by atoms with Gasteiger partial charge in [-0.25, -0.2) is 0 Å². The van der Waals surface area contributed by atoms with Gasteiger partial charge in [0.05, 0.1) is 0 Å². The van der Waals surface area contributed by atoms with Crippen LogP contribution in [-0.2, 0) is 4.79 Å². The minimum Gasteiger partial charge on any atom is -0.299 e. The van der Waals surface area contributed by atoms with E-state index in [9.17, 15) is 4.79 Å². The van der Waals surface area contributed by atoms with Crippen molar-refractivity contribution < 1.29 is 4.79 Å². The van der Waals surface area contributed by atoms with Gasteiger partial charge in [0.25, 0.3) is 0 Å². The number of rotatable bonds is 2. The Morgan fingerprint density at radius 2 is 1.59 bits per heavy atom. The van der Waals surface area contributed by atoms with E-state index < -0.39 is 0 Å². The van der Waals surface area contributed by atoms with Crippen molar-refractivity contribution in [1.82, 2.24) is 4.90 Å². The summed E-state index contributed by atoms with van der Waals surface area (Å²) in [5, 5.41) is 0. The van der Waals surface area contributed by atoms with Crippen LogP contribution in [0.2, 0.25) is 0 Å². The molecule has 0 bridgehead atoms. The topological polar surface area (TPSA) is 20.3 Å². The van der Waals surface area contributed by atoms with Gasteiger partial charge in [0.2, 0.25) is 0 Å². The smallest absolute Gasteiger partial charge is 0.141 e. The van der Waals surface area contributed by atoms with Crippen molar-refractivity contribution in [2.75, 3.05) is 13.6 Å². The Kier molecular flexibility index (Phi) is 4.71. The van der Waals surface area contributed by atoms with Crippen molar-refractivity contribution in [1.29, 1.82) is 0 Å². The fraction of sp³-hybridized carbons (Fsp3) is 0.480. The van der Waals surface area contributed by atoms with Crippen LogP contribution < -0.4 is 0 Å². The molecule has 1 heterocycles. The maximum atomic E-state index is 13.5. The molecule has 1 aliphatic heterocycles. The molecule has 2 heteroatoms. The van der Waals surface area contributed by atoms with Gasteiger partial charge in [-0.3, -0.25) is 9.69 Å². The molecule has 2 aromatic rings. The first kappa shape index (κ1) is 18.4. The van der Waals surface area contributed by atoms with E-state index in [4.69, 9.17) is 0 Å². The zero-order valence-electron chi connectivity index (χ0n) is 17.1. The van der Waals surface area contributed by atoms with Crippen LogP contribution in [0.4, 0.5) is 0 Å². The highest BCUT2D eigenvalue weighted by Gasteiger charge is 2.54. The molecule has 2 nitrogen and oxygen atoms in total. The van der Waals surface area contributed by atoms with Crippen molar-refractivity contribution in [2.45, 2.75) is 58.4 Å². The molecule has 2 aliphatic rings. The van der Waals surface area contributed by atoms with E-state index in [1.165, 1.54) is 27.8 Å². The molecule has 1 spiro atoms. The second kappa shape index (κ2) is 6.91. The summed E-state index contributed by atoms with van der Waals surface area (Å²) in [6.07, 6.45) is 3.82. The standard InChI is InChI=1S/C25H31NO/c1-17-6-8-20(9-7-17)24-25(10-5-11-26(24)4)16-22(15-23(25)27)21-13-18(2)12-19(3)14-21/h6-9,12-14,22,24H,5,10-11,15-16H2,1-4H3. The lowest BCUT2D eigenvalue weighted by Gasteiger charge is -2.46. The average Bonchev–Trinajstić information content (AvgIpc) is 2.93. The van der Waals surface area contributed by atoms with Gasteiger partial charge in [-0.05, 0) is 70.7 Å². The van der Waals surface area contributed by atoms with E-state index in [-0.39, 0.29) is 11.5 Å². The summed E-state index contributed by atoms with van der Waals surface area (Å²) in [5.41, 5.74) is 6.30. The number of Topliss-reactive ketones (excluding diaryl/α,β-unsaturated/α-hetero) is 1. The van der Waals surface area contributed by atoms with Crippen LogP contribution in [0.25, 0.3) is 0 Å². The van der Waals surface area contributed by atoms with Crippen molar-refractivity contribution in [3.63, 3.8) is 0 Å². The summed E-state index contributed by atoms with van der Waals surface area (Å²) in [7, 11) is 2.20. The predicted molar refractivity (Wildman–Crippen MR) is 111 cm³/mol. The molecule has 1 saturated heterocycles. The Labute approximate surface area is 163 Å². The lowest BCUT2D eigenvalue weighted by molar-refractivity contribution is -0.132. The molecule has 2 aromatic carbocycles. The molecule has 1 aliphatic carbocycles. The van der Waals surface area contributed by atoms with Crippen LogP contribution in [0.3, 0.4) is 0 Å². The van der Waals surface area contributed by atoms with Gasteiger partial charge in [0.1, 0.15) is 5.78 Å². The minimum atomic E-state index is -0.232. The Morgan fingerprint density at radius 3 is 2.26 bits per heavy atom. The Morgan fingerprint density at radius 1 is 0.926 bits per heavy atom. The largest absolute Gasteiger partial charge is 0.299 e. The summed E-state index contributed by atoms with van der Waals surface area (Å²) >= 11 is 0. The molecule has 2 fully saturated rings. The Bertz CT molecular complexity index is 833. The number of hydrogen-bond donors (Lipinski definition) is 0. The number of ketones is 1. The summed E-state index contributed by atoms with van der Waals surface area (Å²) < 4.78 is 0. The second-order valence-electron chi connectivity index (χ2n) is 9.00. The number of hydrogen-bond acceptors (Lipinski definition) is 2. The first-order chi connectivity index (χ1) is 12.9. The normalized spacial score (nSPS) is 28.8. The average molecular weight is 362 g/mol. The van der Waals surface area contributed by atoms with Gasteiger partial charge in [-0.15, -0.1) is 0 Å². The molecular formula is C25H31NO. The fourth-order valence-electron chi connectivity index (χ4n) is 5.69. The van der Waals surface area contributed by atoms with Gasteiger partial charge in [-0.2, -0.15) is 0 Å². The molecule has 0 aromatic heterocycles. The molecule has 0 N–H and O–H groups in total. The third kappa shape index (κ3) is 3.25. The molecular weight excluding hydrogens is 330 g/mol. The maximum absolute atomic E-state index is 13.5. The van der Waals surface area contributed by atoms with E-state index in [0.717, 1.165) is 25.8 Å². The second-order valence-corrected chi connectivity index (χ2v) is 9.00. The molecule has 1 saturated carbocycles. The molecule has 0 radical (unpaired) electrons. The summed E-state index contributed by atoms with van der Waals surface area (Å²) in [6, 6.07) is 15.9. The number of nitrogens with zero attached hydrogens (tertiary/aromatic N) is 1. The Balaban J connectivity index is 1.72. The molecule has 4 rings (SSSR count). The highest BCUT2D eigenvalue weighted by atomic mass is 16.1. The molecule has 0 amide bonds. The zero-order valence-corrected chi connectivity index (χ0v) is 17.1. The molecule has 3 unspecified atom stereocenters. The number of aryl methyl sites for hydroxylation is 3. The SMILES string of the molecule is Cc1ccc(C2N(C)CCCC23CC(c2cc(C)cc(C)c2)CC3=O)cc1. The van der Waals surface area contributed by atoms with Gasteiger partial charge in [-0.1, -0.05) is 59.2 Å². The quantitative estimate of drug-likeness (QED) is 0.703. The van der Waals surface area contributed by atoms with Gasteiger partial charge in [0, 0.05) is 17.9 Å². The zero-order chi connectivity index (χ0) is 19.2. The third-order valence-electron chi connectivity index (χ3n) is 6.80. The predicted octanol–water partition coefficient (Wildman–Crippen LogP) is 5.51. The first-order valence-electron chi connectivity index (χ1n) is 10.3. The van der Waals surface area contributed by atoms with Crippen LogP contribution >= 0.6 is 0 Å². The highest BCUT2D eigenvalue weighted by molar-refractivity contribution is 5.89. The first-order valence-corrected chi connectivity index (χ1v) is 10.3. The van der Waals surface area contributed by atoms with Crippen molar-refractivity contribution in [3.8, 4) is 0 Å². The number of piperidine rings is 1. The molecule has 27 heavy (non-hydrogen) atoms. The van der Waals surface area contributed by atoms with Gasteiger partial charge < -0.3 is 0 Å². The van der Waals surface area contributed by atoms with E-state index in [1.807, 2.05) is 0 Å². The number of benzene rings is 2. The van der Waals surface area contributed by atoms with E-state index in [1.54, 1.807) is 0 Å². The van der Waals surface area contributed by atoms with Crippen LogP contribution in [0.1, 0.15) is 65.5 Å². The third-order valence-corrected chi connectivity index (χ3v) is 6.80. The number of likely N-dealkylation sites (tertiary alicyclic amines) is 1. The van der Waals surface area contributed by atoms with Gasteiger partial charge in [0.15, 0.2) is 0 Å². The number of carbonyl (C=O) groups excluding carboxylic acids is 1. The minimum absolute atomic E-state index is 0.204. The van der Waals surface area contributed by atoms with Gasteiger partial charge >= 0.3 is 0 Å². The maximum Gasteiger partial charge on any atom is 0.141 e. The van der Waals surface area contributed by atoms with Crippen molar-refractivity contribution >= 4 is 5.78 Å². The lowest BCUT2D eigenvalue weighted by atomic mass is 9.68. The van der Waals surface area contributed by atoms with Crippen LogP contribution in [-0.4, -0.2) is 24.3 Å². The van der Waals surface area contributed by atoms with Crippen LogP contribution in [0, 0.1) is 26.2 Å². The lowest BCUT2D eigenvalue weighted by Crippen LogP contribution is -2.46.